The molecule has 0 radical (unpaired) electrons. The van der Waals surface area contributed by atoms with Gasteiger partial charge in [0.2, 0.25) is 0 Å². The summed E-state index contributed by atoms with van der Waals surface area (Å²) in [5, 5.41) is 9.87. The van der Waals surface area contributed by atoms with Crippen LogP contribution in [0.1, 0.15) is 28.7 Å². The van der Waals surface area contributed by atoms with Gasteiger partial charge in [-0.05, 0) is 43.9 Å². The van der Waals surface area contributed by atoms with Gasteiger partial charge < -0.3 is 9.84 Å². The van der Waals surface area contributed by atoms with Crippen molar-refractivity contribution < 1.29 is 14.6 Å². The van der Waals surface area contributed by atoms with E-state index in [2.05, 4.69) is 0 Å². The second-order valence-corrected chi connectivity index (χ2v) is 4.01. The third-order valence-corrected chi connectivity index (χ3v) is 3.14. The number of hydrogen-bond acceptors (Lipinski definition) is 3. The Bertz CT molecular complexity index is 447. The molecule has 1 aliphatic heterocycles. The fourth-order valence-electron chi connectivity index (χ4n) is 2.00. The van der Waals surface area contributed by atoms with Crippen molar-refractivity contribution in [3.05, 3.63) is 22.3 Å². The molecule has 0 saturated carbocycles. The third kappa shape index (κ3) is 1.39. The van der Waals surface area contributed by atoms with Crippen LogP contribution in [-0.4, -0.2) is 11.1 Å². The van der Waals surface area contributed by atoms with Gasteiger partial charge in [-0.2, -0.15) is 0 Å². The van der Waals surface area contributed by atoms with Gasteiger partial charge in [0.05, 0.1) is 6.42 Å². The van der Waals surface area contributed by atoms with Crippen molar-refractivity contribution in [3.8, 4) is 11.5 Å². The number of carbonyl (C=O) groups is 1. The SMILES string of the molecule is Cc1c(C)c2c(c(C)c1O)CCC(=O)O2. The van der Waals surface area contributed by atoms with Crippen LogP contribution < -0.4 is 4.74 Å². The summed E-state index contributed by atoms with van der Waals surface area (Å²) >= 11 is 0. The number of esters is 1. The standard InChI is InChI=1S/C12H14O3/c1-6-7(2)12-9(8(3)11(6)14)4-5-10(13)15-12/h14H,4-5H2,1-3H3. The summed E-state index contributed by atoms with van der Waals surface area (Å²) < 4.78 is 5.23. The second kappa shape index (κ2) is 3.26. The lowest BCUT2D eigenvalue weighted by Gasteiger charge is -2.22. The van der Waals surface area contributed by atoms with Gasteiger partial charge in [0.1, 0.15) is 11.5 Å². The first-order valence-electron chi connectivity index (χ1n) is 5.04. The van der Waals surface area contributed by atoms with Crippen molar-refractivity contribution in [2.24, 2.45) is 0 Å². The molecule has 1 aliphatic rings. The number of benzene rings is 1. The van der Waals surface area contributed by atoms with E-state index in [1.165, 1.54) is 0 Å². The molecule has 80 valence electrons. The minimum atomic E-state index is -0.185. The first-order chi connectivity index (χ1) is 7.02. The first kappa shape index (κ1) is 10.0. The summed E-state index contributed by atoms with van der Waals surface area (Å²) in [5.41, 5.74) is 3.46. The molecule has 1 heterocycles. The Morgan fingerprint density at radius 2 is 1.73 bits per heavy atom. The van der Waals surface area contributed by atoms with Crippen LogP contribution in [0.4, 0.5) is 0 Å². The van der Waals surface area contributed by atoms with Gasteiger partial charge in [0, 0.05) is 5.56 Å². The lowest BCUT2D eigenvalue weighted by atomic mass is 9.93. The molecule has 3 nitrogen and oxygen atoms in total. The molecule has 1 aromatic rings. The van der Waals surface area contributed by atoms with Gasteiger partial charge in [-0.1, -0.05) is 0 Å². The average molecular weight is 206 g/mol. The van der Waals surface area contributed by atoms with Gasteiger partial charge in [-0.25, -0.2) is 0 Å². The number of hydrogen-bond donors (Lipinski definition) is 1. The van der Waals surface area contributed by atoms with Crippen LogP contribution in [0, 0.1) is 20.8 Å². The molecule has 1 N–H and O–H groups in total. The van der Waals surface area contributed by atoms with Crippen LogP contribution in [0.25, 0.3) is 0 Å². The lowest BCUT2D eigenvalue weighted by molar-refractivity contribution is -0.135. The molecule has 0 unspecified atom stereocenters. The van der Waals surface area contributed by atoms with E-state index in [1.54, 1.807) is 0 Å². The van der Waals surface area contributed by atoms with Crippen LogP contribution in [0.3, 0.4) is 0 Å². The fraction of sp³-hybridized carbons (Fsp3) is 0.417. The Balaban J connectivity index is 2.70. The van der Waals surface area contributed by atoms with Gasteiger partial charge in [-0.15, -0.1) is 0 Å². The Morgan fingerprint density at radius 3 is 2.40 bits per heavy atom. The van der Waals surface area contributed by atoms with E-state index >= 15 is 0 Å². The predicted octanol–water partition coefficient (Wildman–Crippen LogP) is 2.17. The maximum absolute atomic E-state index is 11.2. The molecule has 1 aromatic carbocycles. The molecule has 2 rings (SSSR count). The van der Waals surface area contributed by atoms with Crippen LogP contribution in [0.5, 0.6) is 11.5 Å². The Labute approximate surface area is 88.7 Å². The molecule has 3 heteroatoms. The van der Waals surface area contributed by atoms with Crippen LogP contribution >= 0.6 is 0 Å². The number of ether oxygens (including phenoxy) is 1. The number of carbonyl (C=O) groups excluding carboxylic acids is 1. The van der Waals surface area contributed by atoms with Crippen molar-refractivity contribution in [1.29, 1.82) is 0 Å². The lowest BCUT2D eigenvalue weighted by Crippen LogP contribution is -2.18. The van der Waals surface area contributed by atoms with Crippen molar-refractivity contribution in [3.63, 3.8) is 0 Å². The maximum Gasteiger partial charge on any atom is 0.311 e. The van der Waals surface area contributed by atoms with E-state index in [1.807, 2.05) is 20.8 Å². The van der Waals surface area contributed by atoms with Gasteiger partial charge >= 0.3 is 5.97 Å². The Hall–Kier alpha value is -1.51. The van der Waals surface area contributed by atoms with Gasteiger partial charge in [0.15, 0.2) is 0 Å². The van der Waals surface area contributed by atoms with Crippen molar-refractivity contribution in [2.45, 2.75) is 33.6 Å². The molecular formula is C12H14O3. The van der Waals surface area contributed by atoms with E-state index in [0.29, 0.717) is 24.3 Å². The van der Waals surface area contributed by atoms with Crippen molar-refractivity contribution in [2.75, 3.05) is 0 Å². The quantitative estimate of drug-likeness (QED) is 0.522. The fourth-order valence-corrected chi connectivity index (χ4v) is 2.00. The normalized spacial score (nSPS) is 14.7. The summed E-state index contributed by atoms with van der Waals surface area (Å²) in [6, 6.07) is 0. The molecule has 0 aromatic heterocycles. The summed E-state index contributed by atoms with van der Waals surface area (Å²) in [6.07, 6.45) is 1.06. The van der Waals surface area contributed by atoms with Crippen molar-refractivity contribution in [1.82, 2.24) is 0 Å². The largest absolute Gasteiger partial charge is 0.507 e. The number of aromatic hydroxyl groups is 1. The Morgan fingerprint density at radius 1 is 1.07 bits per heavy atom. The summed E-state index contributed by atoms with van der Waals surface area (Å²) in [4.78, 5) is 11.2. The van der Waals surface area contributed by atoms with E-state index in [9.17, 15) is 9.90 Å². The monoisotopic (exact) mass is 206 g/mol. The predicted molar refractivity (Wildman–Crippen MR) is 56.3 cm³/mol. The highest BCUT2D eigenvalue weighted by atomic mass is 16.5. The zero-order valence-electron chi connectivity index (χ0n) is 9.18. The molecular weight excluding hydrogens is 192 g/mol. The average Bonchev–Trinajstić information content (AvgIpc) is 2.23. The van der Waals surface area contributed by atoms with Crippen LogP contribution in [0.15, 0.2) is 0 Å². The summed E-state index contributed by atoms with van der Waals surface area (Å²) in [6.45, 7) is 5.56. The topological polar surface area (TPSA) is 46.5 Å². The molecule has 0 fully saturated rings. The van der Waals surface area contributed by atoms with Gasteiger partial charge in [0.25, 0.3) is 0 Å². The van der Waals surface area contributed by atoms with Crippen molar-refractivity contribution >= 4 is 5.97 Å². The second-order valence-electron chi connectivity index (χ2n) is 4.01. The van der Waals surface area contributed by atoms with Crippen LogP contribution in [0.2, 0.25) is 0 Å². The number of rotatable bonds is 0. The Kier molecular flexibility index (Phi) is 2.18. The molecule has 0 aliphatic carbocycles. The van der Waals surface area contributed by atoms with Crippen LogP contribution in [-0.2, 0) is 11.2 Å². The summed E-state index contributed by atoms with van der Waals surface area (Å²) in [5.74, 6) is 0.790. The minimum absolute atomic E-state index is 0.185. The van der Waals surface area contributed by atoms with E-state index in [0.717, 1.165) is 22.3 Å². The number of phenols is 1. The molecule has 0 saturated heterocycles. The van der Waals surface area contributed by atoms with E-state index in [-0.39, 0.29) is 5.97 Å². The van der Waals surface area contributed by atoms with E-state index in [4.69, 9.17) is 4.74 Å². The highest BCUT2D eigenvalue weighted by Crippen LogP contribution is 2.39. The minimum Gasteiger partial charge on any atom is -0.507 e. The maximum atomic E-state index is 11.2. The summed E-state index contributed by atoms with van der Waals surface area (Å²) in [7, 11) is 0. The molecule has 0 bridgehead atoms. The number of phenolic OH excluding ortho intramolecular Hbond substituents is 1. The molecule has 0 amide bonds. The highest BCUT2D eigenvalue weighted by Gasteiger charge is 2.24. The third-order valence-electron chi connectivity index (χ3n) is 3.14. The zero-order chi connectivity index (χ0) is 11.2. The van der Waals surface area contributed by atoms with E-state index < -0.39 is 0 Å². The first-order valence-corrected chi connectivity index (χ1v) is 5.04. The zero-order valence-corrected chi connectivity index (χ0v) is 9.18. The molecule has 0 atom stereocenters. The molecule has 0 spiro atoms. The smallest absolute Gasteiger partial charge is 0.311 e. The number of fused-ring (bicyclic) bond motifs is 1. The molecule has 15 heavy (non-hydrogen) atoms. The highest BCUT2D eigenvalue weighted by molar-refractivity contribution is 5.77. The van der Waals surface area contributed by atoms with Gasteiger partial charge in [-0.3, -0.25) is 4.79 Å².